The number of rotatable bonds is 4. The number of hydrazine groups is 1. The van der Waals surface area contributed by atoms with Gasteiger partial charge in [0.1, 0.15) is 5.75 Å². The Morgan fingerprint density at radius 1 is 1.38 bits per heavy atom. The molecule has 0 saturated carbocycles. The normalized spacial score (nSPS) is 18.9. The van der Waals surface area contributed by atoms with Crippen molar-refractivity contribution in [3.05, 3.63) is 49.0 Å². The summed E-state index contributed by atoms with van der Waals surface area (Å²) in [5.41, 5.74) is 5.46. The third kappa shape index (κ3) is 3.35. The summed E-state index contributed by atoms with van der Waals surface area (Å²) >= 11 is 8.83. The Bertz CT molecular complexity index is 632. The van der Waals surface area contributed by atoms with Crippen molar-refractivity contribution < 1.29 is 4.74 Å². The first-order valence-electron chi connectivity index (χ1n) is 6.81. The number of nitrogens with two attached hydrogens (primary N) is 1. The van der Waals surface area contributed by atoms with Crippen molar-refractivity contribution in [1.82, 2.24) is 5.43 Å². The fourth-order valence-electron chi connectivity index (χ4n) is 2.82. The number of fused-ring (bicyclic) bond motifs is 1. The third-order valence-electron chi connectivity index (χ3n) is 3.86. The van der Waals surface area contributed by atoms with E-state index in [0.29, 0.717) is 5.92 Å². The van der Waals surface area contributed by atoms with Crippen LogP contribution in [-0.4, -0.2) is 6.61 Å². The standard InChI is InChI=1S/C15H16Br2N2OS/c16-14-8-11(15(17)21-14)12(19-18)7-9-5-6-20-13-4-2-1-3-10(9)13/h1-4,8-9,12,19H,5-7,18H2. The molecule has 0 radical (unpaired) electrons. The Labute approximate surface area is 145 Å². The van der Waals surface area contributed by atoms with E-state index in [0.717, 1.165) is 32.8 Å². The number of hydrogen-bond donors (Lipinski definition) is 2. The van der Waals surface area contributed by atoms with E-state index < -0.39 is 0 Å². The van der Waals surface area contributed by atoms with Gasteiger partial charge in [-0.2, -0.15) is 0 Å². The average molecular weight is 432 g/mol. The fraction of sp³-hybridized carbons (Fsp3) is 0.333. The lowest BCUT2D eigenvalue weighted by Crippen LogP contribution is -2.30. The predicted molar refractivity (Wildman–Crippen MR) is 93.7 cm³/mol. The zero-order valence-electron chi connectivity index (χ0n) is 11.3. The molecule has 1 aliphatic rings. The van der Waals surface area contributed by atoms with Gasteiger partial charge in [-0.1, -0.05) is 18.2 Å². The molecule has 1 aromatic heterocycles. The van der Waals surface area contributed by atoms with Crippen LogP contribution in [0.2, 0.25) is 0 Å². The largest absolute Gasteiger partial charge is 0.493 e. The van der Waals surface area contributed by atoms with Crippen molar-refractivity contribution in [1.29, 1.82) is 0 Å². The molecular weight excluding hydrogens is 416 g/mol. The molecule has 0 aliphatic carbocycles. The van der Waals surface area contributed by atoms with Gasteiger partial charge in [0.2, 0.25) is 0 Å². The van der Waals surface area contributed by atoms with Gasteiger partial charge < -0.3 is 4.74 Å². The summed E-state index contributed by atoms with van der Waals surface area (Å²) in [6, 6.07) is 10.5. The lowest BCUT2D eigenvalue weighted by molar-refractivity contribution is 0.255. The van der Waals surface area contributed by atoms with Gasteiger partial charge in [0.05, 0.1) is 14.2 Å². The number of ether oxygens (including phenoxy) is 1. The van der Waals surface area contributed by atoms with Gasteiger partial charge in [-0.3, -0.25) is 11.3 Å². The Balaban J connectivity index is 1.84. The van der Waals surface area contributed by atoms with Crippen LogP contribution in [-0.2, 0) is 0 Å². The molecule has 3 rings (SSSR count). The highest BCUT2D eigenvalue weighted by Gasteiger charge is 2.26. The minimum Gasteiger partial charge on any atom is -0.493 e. The molecule has 6 heteroatoms. The van der Waals surface area contributed by atoms with E-state index in [9.17, 15) is 0 Å². The van der Waals surface area contributed by atoms with Gasteiger partial charge in [-0.15, -0.1) is 11.3 Å². The van der Waals surface area contributed by atoms with Crippen molar-refractivity contribution in [3.63, 3.8) is 0 Å². The van der Waals surface area contributed by atoms with E-state index in [1.54, 1.807) is 11.3 Å². The molecule has 1 aromatic carbocycles. The molecule has 1 aliphatic heterocycles. The molecule has 0 saturated heterocycles. The summed E-state index contributed by atoms with van der Waals surface area (Å²) < 4.78 is 7.97. The fourth-order valence-corrected chi connectivity index (χ4v) is 5.79. The minimum atomic E-state index is 0.123. The molecule has 0 spiro atoms. The second-order valence-electron chi connectivity index (χ2n) is 5.11. The quantitative estimate of drug-likeness (QED) is 0.543. The average Bonchev–Trinajstić information content (AvgIpc) is 2.83. The van der Waals surface area contributed by atoms with Gasteiger partial charge in [0, 0.05) is 6.04 Å². The highest BCUT2D eigenvalue weighted by Crippen LogP contribution is 2.42. The van der Waals surface area contributed by atoms with Crippen LogP contribution in [0.1, 0.15) is 35.9 Å². The summed E-state index contributed by atoms with van der Waals surface area (Å²) in [5.74, 6) is 7.28. The monoisotopic (exact) mass is 430 g/mol. The topological polar surface area (TPSA) is 47.3 Å². The Kier molecular flexibility index (Phi) is 5.01. The van der Waals surface area contributed by atoms with E-state index in [1.165, 1.54) is 11.1 Å². The summed E-state index contributed by atoms with van der Waals surface area (Å²) in [6.45, 7) is 0.771. The second-order valence-corrected chi connectivity index (χ2v) is 8.86. The molecule has 0 fully saturated rings. The number of thiophene rings is 1. The van der Waals surface area contributed by atoms with E-state index in [-0.39, 0.29) is 6.04 Å². The molecule has 2 atom stereocenters. The highest BCUT2D eigenvalue weighted by atomic mass is 79.9. The number of hydrogen-bond acceptors (Lipinski definition) is 4. The SMILES string of the molecule is NNC(CC1CCOc2ccccc21)c1cc(Br)sc1Br. The molecule has 2 aromatic rings. The number of para-hydroxylation sites is 1. The summed E-state index contributed by atoms with van der Waals surface area (Å²) in [7, 11) is 0. The van der Waals surface area contributed by atoms with Gasteiger partial charge >= 0.3 is 0 Å². The van der Waals surface area contributed by atoms with Gasteiger partial charge in [-0.05, 0) is 73.9 Å². The first kappa shape index (κ1) is 15.5. The van der Waals surface area contributed by atoms with E-state index in [2.05, 4.69) is 55.5 Å². The van der Waals surface area contributed by atoms with E-state index in [1.807, 2.05) is 12.1 Å². The molecule has 21 heavy (non-hydrogen) atoms. The van der Waals surface area contributed by atoms with E-state index >= 15 is 0 Å². The lowest BCUT2D eigenvalue weighted by Gasteiger charge is -2.29. The van der Waals surface area contributed by atoms with Crippen molar-refractivity contribution in [3.8, 4) is 5.75 Å². The summed E-state index contributed by atoms with van der Waals surface area (Å²) in [6.07, 6.45) is 1.98. The smallest absolute Gasteiger partial charge is 0.122 e. The van der Waals surface area contributed by atoms with Crippen LogP contribution in [0.15, 0.2) is 37.9 Å². The van der Waals surface area contributed by atoms with Crippen LogP contribution in [0.5, 0.6) is 5.75 Å². The molecule has 0 bridgehead atoms. The van der Waals surface area contributed by atoms with Crippen LogP contribution < -0.4 is 16.0 Å². The van der Waals surface area contributed by atoms with Gasteiger partial charge in [-0.25, -0.2) is 0 Å². The Morgan fingerprint density at radius 2 is 2.19 bits per heavy atom. The van der Waals surface area contributed by atoms with Gasteiger partial charge in [0.25, 0.3) is 0 Å². The minimum absolute atomic E-state index is 0.123. The number of benzene rings is 1. The zero-order chi connectivity index (χ0) is 14.8. The van der Waals surface area contributed by atoms with Crippen molar-refractivity contribution in [2.45, 2.75) is 24.8 Å². The molecular formula is C15H16Br2N2OS. The zero-order valence-corrected chi connectivity index (χ0v) is 15.3. The summed E-state index contributed by atoms with van der Waals surface area (Å²) in [5, 5.41) is 0. The molecule has 2 unspecified atom stereocenters. The molecule has 3 nitrogen and oxygen atoms in total. The van der Waals surface area contributed by atoms with Crippen molar-refractivity contribution in [2.24, 2.45) is 5.84 Å². The molecule has 112 valence electrons. The van der Waals surface area contributed by atoms with Crippen molar-refractivity contribution in [2.75, 3.05) is 6.61 Å². The lowest BCUT2D eigenvalue weighted by atomic mass is 9.86. The summed E-state index contributed by atoms with van der Waals surface area (Å²) in [4.78, 5) is 0. The molecule has 3 N–H and O–H groups in total. The van der Waals surface area contributed by atoms with E-state index in [4.69, 9.17) is 10.6 Å². The molecule has 2 heterocycles. The highest BCUT2D eigenvalue weighted by molar-refractivity contribution is 9.12. The van der Waals surface area contributed by atoms with Crippen LogP contribution in [0.25, 0.3) is 0 Å². The second kappa shape index (κ2) is 6.79. The van der Waals surface area contributed by atoms with Crippen LogP contribution >= 0.6 is 43.2 Å². The third-order valence-corrected chi connectivity index (χ3v) is 6.25. The maximum Gasteiger partial charge on any atom is 0.122 e. The van der Waals surface area contributed by atoms with Crippen LogP contribution in [0, 0.1) is 0 Å². The number of nitrogens with one attached hydrogen (secondary N) is 1. The van der Waals surface area contributed by atoms with Gasteiger partial charge in [0.15, 0.2) is 0 Å². The van der Waals surface area contributed by atoms with Crippen LogP contribution in [0.3, 0.4) is 0 Å². The maximum atomic E-state index is 5.81. The Hall–Kier alpha value is -0.400. The Morgan fingerprint density at radius 3 is 2.90 bits per heavy atom. The predicted octanol–water partition coefficient (Wildman–Crippen LogP) is 4.73. The number of halogens is 2. The molecule has 0 amide bonds. The first-order valence-corrected chi connectivity index (χ1v) is 9.22. The van der Waals surface area contributed by atoms with Crippen molar-refractivity contribution >= 4 is 43.2 Å². The first-order chi connectivity index (χ1) is 10.2. The van der Waals surface area contributed by atoms with Crippen LogP contribution in [0.4, 0.5) is 0 Å². The maximum absolute atomic E-state index is 5.81.